The summed E-state index contributed by atoms with van der Waals surface area (Å²) < 4.78 is 13.7. The molecule has 0 spiro atoms. The fourth-order valence-corrected chi connectivity index (χ4v) is 1.98. The van der Waals surface area contributed by atoms with E-state index in [-0.39, 0.29) is 11.9 Å². The predicted octanol–water partition coefficient (Wildman–Crippen LogP) is 2.31. The third-order valence-electron chi connectivity index (χ3n) is 2.91. The molecule has 0 saturated heterocycles. The number of aromatic nitrogens is 1. The first-order valence-corrected chi connectivity index (χ1v) is 5.83. The average Bonchev–Trinajstić information content (AvgIpc) is 2.37. The number of nitrogens with two attached hydrogens (primary N) is 1. The molecular weight excluding hydrogens is 229 g/mol. The van der Waals surface area contributed by atoms with E-state index in [1.807, 2.05) is 25.2 Å². The van der Waals surface area contributed by atoms with E-state index in [4.69, 9.17) is 5.73 Å². The molecule has 0 aliphatic rings. The van der Waals surface area contributed by atoms with Crippen LogP contribution in [0.2, 0.25) is 0 Å². The molecule has 4 heteroatoms. The molecule has 3 N–H and O–H groups in total. The second-order valence-electron chi connectivity index (χ2n) is 4.16. The number of nitrogens with zero attached hydrogens (tertiary/aromatic N) is 1. The van der Waals surface area contributed by atoms with Crippen molar-refractivity contribution in [1.82, 2.24) is 10.3 Å². The van der Waals surface area contributed by atoms with Crippen LogP contribution in [0.25, 0.3) is 0 Å². The van der Waals surface area contributed by atoms with Crippen LogP contribution < -0.4 is 11.1 Å². The number of anilines is 1. The molecule has 94 valence electrons. The number of nitrogens with one attached hydrogen (secondary N) is 1. The first-order valence-electron chi connectivity index (χ1n) is 5.83. The molecule has 0 amide bonds. The Balaban J connectivity index is 2.23. The maximum atomic E-state index is 13.7. The van der Waals surface area contributed by atoms with Crippen molar-refractivity contribution >= 4 is 5.82 Å². The standard InChI is InChI=1S/C14H16FN3/c1-17-13(11-4-2-3-5-12(11)15)8-10-6-7-18-14(16)9-10/h2-7,9,13,17H,8H2,1H3,(H2,16,18). The molecule has 1 heterocycles. The lowest BCUT2D eigenvalue weighted by Gasteiger charge is -2.17. The Morgan fingerprint density at radius 1 is 1.33 bits per heavy atom. The highest BCUT2D eigenvalue weighted by Crippen LogP contribution is 2.21. The van der Waals surface area contributed by atoms with Gasteiger partial charge in [-0.15, -0.1) is 0 Å². The summed E-state index contributed by atoms with van der Waals surface area (Å²) in [6.07, 6.45) is 2.34. The SMILES string of the molecule is CNC(Cc1ccnc(N)c1)c1ccccc1F. The van der Waals surface area contributed by atoms with Crippen molar-refractivity contribution in [2.75, 3.05) is 12.8 Å². The Kier molecular flexibility index (Phi) is 3.89. The quantitative estimate of drug-likeness (QED) is 0.869. The molecule has 0 radical (unpaired) electrons. The number of likely N-dealkylation sites (N-methyl/N-ethyl adjacent to an activating group) is 1. The molecule has 1 aromatic carbocycles. The zero-order valence-corrected chi connectivity index (χ0v) is 10.2. The third kappa shape index (κ3) is 2.84. The van der Waals surface area contributed by atoms with Crippen molar-refractivity contribution in [2.24, 2.45) is 0 Å². The highest BCUT2D eigenvalue weighted by molar-refractivity contribution is 5.33. The topological polar surface area (TPSA) is 50.9 Å². The van der Waals surface area contributed by atoms with E-state index < -0.39 is 0 Å². The number of nitrogen functional groups attached to an aromatic ring is 1. The maximum absolute atomic E-state index is 13.7. The van der Waals surface area contributed by atoms with Gasteiger partial charge in [-0.2, -0.15) is 0 Å². The van der Waals surface area contributed by atoms with Gasteiger partial charge >= 0.3 is 0 Å². The molecule has 18 heavy (non-hydrogen) atoms. The average molecular weight is 245 g/mol. The van der Waals surface area contributed by atoms with E-state index in [0.29, 0.717) is 17.8 Å². The molecule has 3 nitrogen and oxygen atoms in total. The third-order valence-corrected chi connectivity index (χ3v) is 2.91. The Morgan fingerprint density at radius 3 is 2.78 bits per heavy atom. The van der Waals surface area contributed by atoms with Crippen molar-refractivity contribution in [3.05, 3.63) is 59.5 Å². The molecule has 0 aliphatic heterocycles. The van der Waals surface area contributed by atoms with Gasteiger partial charge in [0, 0.05) is 17.8 Å². The lowest BCUT2D eigenvalue weighted by Crippen LogP contribution is -2.20. The van der Waals surface area contributed by atoms with Crippen LogP contribution in [0.5, 0.6) is 0 Å². The first-order chi connectivity index (χ1) is 8.70. The largest absolute Gasteiger partial charge is 0.384 e. The summed E-state index contributed by atoms with van der Waals surface area (Å²) in [5, 5.41) is 3.13. The second kappa shape index (κ2) is 5.60. The van der Waals surface area contributed by atoms with Crippen LogP contribution in [-0.4, -0.2) is 12.0 Å². The van der Waals surface area contributed by atoms with Gasteiger partial charge in [0.1, 0.15) is 11.6 Å². The molecule has 0 fully saturated rings. The summed E-state index contributed by atoms with van der Waals surface area (Å²) in [5.74, 6) is 0.287. The maximum Gasteiger partial charge on any atom is 0.127 e. The summed E-state index contributed by atoms with van der Waals surface area (Å²) >= 11 is 0. The van der Waals surface area contributed by atoms with Crippen LogP contribution in [-0.2, 0) is 6.42 Å². The van der Waals surface area contributed by atoms with Gasteiger partial charge in [0.05, 0.1) is 0 Å². The highest BCUT2D eigenvalue weighted by atomic mass is 19.1. The lowest BCUT2D eigenvalue weighted by molar-refractivity contribution is 0.534. The summed E-state index contributed by atoms with van der Waals surface area (Å²) in [7, 11) is 1.82. The van der Waals surface area contributed by atoms with Gasteiger partial charge in [0.2, 0.25) is 0 Å². The fourth-order valence-electron chi connectivity index (χ4n) is 1.98. The van der Waals surface area contributed by atoms with Crippen molar-refractivity contribution in [3.63, 3.8) is 0 Å². The molecule has 0 bridgehead atoms. The zero-order valence-electron chi connectivity index (χ0n) is 10.2. The Morgan fingerprint density at radius 2 is 2.11 bits per heavy atom. The smallest absolute Gasteiger partial charge is 0.127 e. The lowest BCUT2D eigenvalue weighted by atomic mass is 9.99. The van der Waals surface area contributed by atoms with Gasteiger partial charge in [-0.05, 0) is 37.2 Å². The number of halogens is 1. The van der Waals surface area contributed by atoms with Crippen LogP contribution >= 0.6 is 0 Å². The number of rotatable bonds is 4. The molecule has 1 unspecified atom stereocenters. The van der Waals surface area contributed by atoms with Crippen LogP contribution in [0.4, 0.5) is 10.2 Å². The molecule has 0 aliphatic carbocycles. The molecule has 2 aromatic rings. The Hall–Kier alpha value is -1.94. The minimum Gasteiger partial charge on any atom is -0.384 e. The van der Waals surface area contributed by atoms with Crippen molar-refractivity contribution < 1.29 is 4.39 Å². The van der Waals surface area contributed by atoms with E-state index in [1.165, 1.54) is 6.07 Å². The van der Waals surface area contributed by atoms with E-state index in [0.717, 1.165) is 5.56 Å². The molecule has 1 aromatic heterocycles. The minimum absolute atomic E-state index is 0.0759. The van der Waals surface area contributed by atoms with Crippen LogP contribution in [0.1, 0.15) is 17.2 Å². The van der Waals surface area contributed by atoms with Crippen molar-refractivity contribution in [1.29, 1.82) is 0 Å². The monoisotopic (exact) mass is 245 g/mol. The van der Waals surface area contributed by atoms with Gasteiger partial charge < -0.3 is 11.1 Å². The molecule has 0 saturated carbocycles. The predicted molar refractivity (Wildman–Crippen MR) is 70.6 cm³/mol. The van der Waals surface area contributed by atoms with Crippen molar-refractivity contribution in [3.8, 4) is 0 Å². The van der Waals surface area contributed by atoms with E-state index in [2.05, 4.69) is 10.3 Å². The minimum atomic E-state index is -0.195. The van der Waals surface area contributed by atoms with Gasteiger partial charge in [-0.3, -0.25) is 0 Å². The molecule has 1 atom stereocenters. The summed E-state index contributed by atoms with van der Waals surface area (Å²) in [4.78, 5) is 3.95. The summed E-state index contributed by atoms with van der Waals surface area (Å²) in [5.41, 5.74) is 7.33. The summed E-state index contributed by atoms with van der Waals surface area (Å²) in [6.45, 7) is 0. The van der Waals surface area contributed by atoms with Crippen molar-refractivity contribution in [2.45, 2.75) is 12.5 Å². The Bertz CT molecular complexity index is 528. The Labute approximate surface area is 106 Å². The fraction of sp³-hybridized carbons (Fsp3) is 0.214. The van der Waals surface area contributed by atoms with Gasteiger partial charge in [0.25, 0.3) is 0 Å². The van der Waals surface area contributed by atoms with E-state index in [1.54, 1.807) is 18.3 Å². The first kappa shape index (κ1) is 12.5. The molecular formula is C14H16FN3. The summed E-state index contributed by atoms with van der Waals surface area (Å²) in [6, 6.07) is 10.4. The number of pyridine rings is 1. The number of benzene rings is 1. The number of hydrogen-bond donors (Lipinski definition) is 2. The van der Waals surface area contributed by atoms with Crippen LogP contribution in [0.3, 0.4) is 0 Å². The number of hydrogen-bond acceptors (Lipinski definition) is 3. The van der Waals surface area contributed by atoms with Gasteiger partial charge in [-0.1, -0.05) is 18.2 Å². The van der Waals surface area contributed by atoms with Crippen LogP contribution in [0, 0.1) is 5.82 Å². The van der Waals surface area contributed by atoms with E-state index in [9.17, 15) is 4.39 Å². The van der Waals surface area contributed by atoms with Gasteiger partial charge in [-0.25, -0.2) is 9.37 Å². The second-order valence-corrected chi connectivity index (χ2v) is 4.16. The zero-order chi connectivity index (χ0) is 13.0. The normalized spacial score (nSPS) is 12.3. The molecule has 2 rings (SSSR count). The van der Waals surface area contributed by atoms with Crippen LogP contribution in [0.15, 0.2) is 42.6 Å². The van der Waals surface area contributed by atoms with Gasteiger partial charge in [0.15, 0.2) is 0 Å². The van der Waals surface area contributed by atoms with E-state index >= 15 is 0 Å². The highest BCUT2D eigenvalue weighted by Gasteiger charge is 2.14.